The number of nitrogens with one attached hydrogen (secondary N) is 1. The number of primary amides is 1. The average Bonchev–Trinajstić information content (AvgIpc) is 3.16. The molecule has 0 aliphatic heterocycles. The molecule has 0 unspecified atom stereocenters. The van der Waals surface area contributed by atoms with E-state index < -0.39 is 23.6 Å². The molecule has 2 amide bonds. The highest BCUT2D eigenvalue weighted by Gasteiger charge is 2.28. The molecule has 4 rings (SSSR count). The van der Waals surface area contributed by atoms with Crippen molar-refractivity contribution >= 4 is 40.1 Å². The SMILES string of the molecule is CCC(=O)c1ccc(NC(=O)c2c(O)n(C(N)=O)c3c(C(=O)c4ccccc4)cccc23)cc1. The van der Waals surface area contributed by atoms with E-state index in [0.717, 1.165) is 4.57 Å². The van der Waals surface area contributed by atoms with Gasteiger partial charge in [-0.05, 0) is 30.3 Å². The summed E-state index contributed by atoms with van der Waals surface area (Å²) in [4.78, 5) is 50.3. The smallest absolute Gasteiger partial charge is 0.326 e. The molecule has 0 fully saturated rings. The molecule has 0 atom stereocenters. The van der Waals surface area contributed by atoms with Gasteiger partial charge in [-0.3, -0.25) is 14.4 Å². The van der Waals surface area contributed by atoms with Crippen molar-refractivity contribution < 1.29 is 24.3 Å². The van der Waals surface area contributed by atoms with Gasteiger partial charge in [0.05, 0.1) is 5.52 Å². The molecule has 170 valence electrons. The predicted octanol–water partition coefficient (Wildman–Crippen LogP) is 4.35. The number of anilines is 1. The van der Waals surface area contributed by atoms with Crippen molar-refractivity contribution in [2.45, 2.75) is 13.3 Å². The largest absolute Gasteiger partial charge is 0.494 e. The second-order valence-corrected chi connectivity index (χ2v) is 7.58. The van der Waals surface area contributed by atoms with E-state index in [-0.39, 0.29) is 27.8 Å². The van der Waals surface area contributed by atoms with Crippen LogP contribution >= 0.6 is 0 Å². The van der Waals surface area contributed by atoms with Crippen LogP contribution in [0.5, 0.6) is 5.88 Å². The maximum Gasteiger partial charge on any atom is 0.326 e. The van der Waals surface area contributed by atoms with Crippen molar-refractivity contribution in [3.8, 4) is 5.88 Å². The number of carbonyl (C=O) groups excluding carboxylic acids is 4. The van der Waals surface area contributed by atoms with Gasteiger partial charge >= 0.3 is 6.03 Å². The Morgan fingerprint density at radius 2 is 1.56 bits per heavy atom. The van der Waals surface area contributed by atoms with Gasteiger partial charge in [0.2, 0.25) is 5.88 Å². The lowest BCUT2D eigenvalue weighted by molar-refractivity contribution is 0.0986. The zero-order valence-corrected chi connectivity index (χ0v) is 18.2. The van der Waals surface area contributed by atoms with E-state index in [1.165, 1.54) is 12.1 Å². The van der Waals surface area contributed by atoms with Gasteiger partial charge in [-0.15, -0.1) is 0 Å². The number of aromatic nitrogens is 1. The molecule has 0 aliphatic rings. The standard InChI is InChI=1S/C26H21N3O5/c1-2-20(30)15-11-13-17(14-12-15)28-24(32)21-18-9-6-10-19(22(18)29(25(21)33)26(27)34)23(31)16-7-4-3-5-8-16/h3-14,33H,2H2,1H3,(H2,27,34)(H,28,32). The molecule has 1 aromatic heterocycles. The van der Waals surface area contributed by atoms with Crippen molar-refractivity contribution in [2.24, 2.45) is 5.73 Å². The highest BCUT2D eigenvalue weighted by Crippen LogP contribution is 2.34. The molecule has 0 aliphatic carbocycles. The first-order valence-electron chi connectivity index (χ1n) is 10.5. The molecule has 0 saturated carbocycles. The minimum absolute atomic E-state index is 0.0318. The number of aromatic hydroxyl groups is 1. The molecule has 0 bridgehead atoms. The number of fused-ring (bicyclic) bond motifs is 1. The number of nitrogens with zero attached hydrogens (tertiary/aromatic N) is 1. The number of hydrogen-bond donors (Lipinski definition) is 3. The summed E-state index contributed by atoms with van der Waals surface area (Å²) in [5.74, 6) is -1.81. The first-order valence-corrected chi connectivity index (χ1v) is 10.5. The number of benzene rings is 3. The molecule has 1 heterocycles. The second kappa shape index (κ2) is 9.03. The number of Topliss-reactive ketones (excluding diaryl/α,β-unsaturated/α-hetero) is 1. The molecule has 4 aromatic rings. The van der Waals surface area contributed by atoms with E-state index in [2.05, 4.69) is 5.32 Å². The van der Waals surface area contributed by atoms with Crippen LogP contribution in [0.1, 0.15) is 50.0 Å². The van der Waals surface area contributed by atoms with Crippen molar-refractivity contribution in [3.05, 3.63) is 95.1 Å². The number of para-hydroxylation sites is 1. The zero-order valence-electron chi connectivity index (χ0n) is 18.2. The van der Waals surface area contributed by atoms with Crippen LogP contribution in [0.15, 0.2) is 72.8 Å². The average molecular weight is 455 g/mol. The fraction of sp³-hybridized carbons (Fsp3) is 0.0769. The van der Waals surface area contributed by atoms with E-state index in [1.807, 2.05) is 0 Å². The topological polar surface area (TPSA) is 131 Å². The molecule has 0 radical (unpaired) electrons. The van der Waals surface area contributed by atoms with Gasteiger partial charge in [-0.2, -0.15) is 0 Å². The van der Waals surface area contributed by atoms with Crippen LogP contribution < -0.4 is 11.1 Å². The lowest BCUT2D eigenvalue weighted by Gasteiger charge is -2.07. The first kappa shape index (κ1) is 22.5. The molecule has 8 nitrogen and oxygen atoms in total. The molecule has 0 saturated heterocycles. The van der Waals surface area contributed by atoms with Crippen LogP contribution in [0.4, 0.5) is 10.5 Å². The van der Waals surface area contributed by atoms with Crippen molar-refractivity contribution in [1.82, 2.24) is 4.57 Å². The predicted molar refractivity (Wildman–Crippen MR) is 127 cm³/mol. The Morgan fingerprint density at radius 1 is 0.882 bits per heavy atom. The summed E-state index contributed by atoms with van der Waals surface area (Å²) in [5.41, 5.74) is 6.72. The van der Waals surface area contributed by atoms with E-state index in [0.29, 0.717) is 23.2 Å². The molecule has 3 aromatic carbocycles. The Balaban J connectivity index is 1.80. The van der Waals surface area contributed by atoms with Crippen molar-refractivity contribution in [2.75, 3.05) is 5.32 Å². The Kier molecular flexibility index (Phi) is 5.97. The normalized spacial score (nSPS) is 10.7. The summed E-state index contributed by atoms with van der Waals surface area (Å²) in [5, 5.41) is 13.6. The monoisotopic (exact) mass is 455 g/mol. The molecule has 34 heavy (non-hydrogen) atoms. The Hall–Kier alpha value is -4.72. The van der Waals surface area contributed by atoms with Gasteiger partial charge in [0.1, 0.15) is 5.56 Å². The summed E-state index contributed by atoms with van der Waals surface area (Å²) >= 11 is 0. The Bertz CT molecular complexity index is 1440. The van der Waals surface area contributed by atoms with Gasteiger partial charge in [0.25, 0.3) is 5.91 Å². The maximum absolute atomic E-state index is 13.2. The van der Waals surface area contributed by atoms with E-state index in [1.54, 1.807) is 67.6 Å². The van der Waals surface area contributed by atoms with Crippen LogP contribution in [0.3, 0.4) is 0 Å². The fourth-order valence-electron chi connectivity index (χ4n) is 3.83. The van der Waals surface area contributed by atoms with Crippen LogP contribution in [-0.4, -0.2) is 33.2 Å². The lowest BCUT2D eigenvalue weighted by atomic mass is 10.00. The van der Waals surface area contributed by atoms with Crippen LogP contribution in [0, 0.1) is 0 Å². The van der Waals surface area contributed by atoms with Gasteiger partial charge < -0.3 is 16.2 Å². The summed E-state index contributed by atoms with van der Waals surface area (Å²) in [7, 11) is 0. The molecular formula is C26H21N3O5. The van der Waals surface area contributed by atoms with Crippen LogP contribution in [-0.2, 0) is 0 Å². The molecule has 4 N–H and O–H groups in total. The Labute approximate surface area is 194 Å². The van der Waals surface area contributed by atoms with Crippen molar-refractivity contribution in [3.63, 3.8) is 0 Å². The summed E-state index contributed by atoms with van der Waals surface area (Å²) in [6.07, 6.45) is 0.357. The number of hydrogen-bond acceptors (Lipinski definition) is 5. The highest BCUT2D eigenvalue weighted by molar-refractivity contribution is 6.22. The van der Waals surface area contributed by atoms with Crippen LogP contribution in [0.2, 0.25) is 0 Å². The third kappa shape index (κ3) is 3.93. The van der Waals surface area contributed by atoms with Gasteiger partial charge in [0.15, 0.2) is 11.6 Å². The van der Waals surface area contributed by atoms with E-state index in [4.69, 9.17) is 5.73 Å². The number of rotatable bonds is 6. The minimum atomic E-state index is -1.04. The third-order valence-electron chi connectivity index (χ3n) is 5.48. The minimum Gasteiger partial charge on any atom is -0.494 e. The quantitative estimate of drug-likeness (QED) is 0.372. The Morgan fingerprint density at radius 3 is 2.18 bits per heavy atom. The van der Waals surface area contributed by atoms with E-state index >= 15 is 0 Å². The second-order valence-electron chi connectivity index (χ2n) is 7.58. The number of amides is 2. The number of ketones is 2. The maximum atomic E-state index is 13.2. The summed E-state index contributed by atoms with van der Waals surface area (Å²) < 4.78 is 0.753. The number of carbonyl (C=O) groups is 4. The summed E-state index contributed by atoms with van der Waals surface area (Å²) in [6, 6.07) is 18.3. The zero-order chi connectivity index (χ0) is 24.4. The first-order chi connectivity index (χ1) is 16.3. The molecule has 8 heteroatoms. The molecular weight excluding hydrogens is 434 g/mol. The lowest BCUT2D eigenvalue weighted by Crippen LogP contribution is -2.20. The van der Waals surface area contributed by atoms with Gasteiger partial charge in [-0.25, -0.2) is 9.36 Å². The van der Waals surface area contributed by atoms with Crippen molar-refractivity contribution in [1.29, 1.82) is 0 Å². The van der Waals surface area contributed by atoms with Gasteiger partial charge in [-0.1, -0.05) is 49.4 Å². The van der Waals surface area contributed by atoms with E-state index in [9.17, 15) is 24.3 Å². The fourth-order valence-corrected chi connectivity index (χ4v) is 3.83. The third-order valence-corrected chi connectivity index (χ3v) is 5.48. The summed E-state index contributed by atoms with van der Waals surface area (Å²) in [6.45, 7) is 1.76. The number of nitrogens with two attached hydrogens (primary N) is 1. The highest BCUT2D eigenvalue weighted by atomic mass is 16.3. The van der Waals surface area contributed by atoms with Gasteiger partial charge in [0, 0.05) is 34.2 Å². The molecule has 0 spiro atoms. The van der Waals surface area contributed by atoms with Crippen LogP contribution in [0.25, 0.3) is 10.9 Å².